The summed E-state index contributed by atoms with van der Waals surface area (Å²) in [6.07, 6.45) is 0. The largest absolute Gasteiger partial charge is 0.455 e. The van der Waals surface area contributed by atoms with Gasteiger partial charge in [-0.25, -0.2) is 4.79 Å². The van der Waals surface area contributed by atoms with Crippen LogP contribution in [-0.4, -0.2) is 10.9 Å². The zero-order valence-corrected chi connectivity index (χ0v) is 12.3. The van der Waals surface area contributed by atoms with E-state index in [2.05, 4.69) is 0 Å². The number of nitro benzene ring substituents is 1. The molecule has 0 spiro atoms. The van der Waals surface area contributed by atoms with Crippen LogP contribution in [0.2, 0.25) is 0 Å². The summed E-state index contributed by atoms with van der Waals surface area (Å²) in [4.78, 5) is 22.3. The molecule has 1 aromatic heterocycles. The van der Waals surface area contributed by atoms with Crippen molar-refractivity contribution in [2.45, 2.75) is 13.5 Å². The van der Waals surface area contributed by atoms with Crippen LogP contribution in [0.1, 0.15) is 21.7 Å². The van der Waals surface area contributed by atoms with E-state index in [1.165, 1.54) is 12.1 Å². The van der Waals surface area contributed by atoms with Crippen molar-refractivity contribution in [3.63, 3.8) is 0 Å². The van der Waals surface area contributed by atoms with Gasteiger partial charge in [0.1, 0.15) is 12.2 Å². The zero-order valence-electron chi connectivity index (χ0n) is 12.3. The van der Waals surface area contributed by atoms with E-state index in [1.54, 1.807) is 25.1 Å². The number of rotatable bonds is 4. The molecule has 6 heteroatoms. The standard InChI is InChI=1S/C17H13NO5/c1-11-14-4-2-3-5-15(14)23-16(11)17(19)22-10-12-6-8-13(9-7-12)18(20)21/h2-9H,10H2,1H3. The van der Waals surface area contributed by atoms with Crippen molar-refractivity contribution in [2.75, 3.05) is 0 Å². The lowest BCUT2D eigenvalue weighted by Gasteiger charge is -2.03. The molecule has 0 bridgehead atoms. The maximum absolute atomic E-state index is 12.2. The Labute approximate surface area is 131 Å². The van der Waals surface area contributed by atoms with Crippen molar-refractivity contribution >= 4 is 22.6 Å². The topological polar surface area (TPSA) is 82.6 Å². The number of nitrogens with zero attached hydrogens (tertiary/aromatic N) is 1. The lowest BCUT2D eigenvalue weighted by atomic mass is 10.1. The number of furan rings is 1. The van der Waals surface area contributed by atoms with Gasteiger partial charge in [0.25, 0.3) is 5.69 Å². The fraction of sp³-hybridized carbons (Fsp3) is 0.118. The Hall–Kier alpha value is -3.15. The van der Waals surface area contributed by atoms with Gasteiger partial charge in [-0.1, -0.05) is 18.2 Å². The third kappa shape index (κ3) is 2.91. The Kier molecular flexibility index (Phi) is 3.80. The summed E-state index contributed by atoms with van der Waals surface area (Å²) in [5.41, 5.74) is 2.02. The maximum atomic E-state index is 12.2. The first-order valence-corrected chi connectivity index (χ1v) is 6.95. The van der Waals surface area contributed by atoms with Crippen molar-refractivity contribution in [2.24, 2.45) is 0 Å². The first kappa shape index (κ1) is 14.8. The van der Waals surface area contributed by atoms with Crippen LogP contribution in [0.3, 0.4) is 0 Å². The van der Waals surface area contributed by atoms with E-state index in [9.17, 15) is 14.9 Å². The number of carbonyl (C=O) groups excluding carboxylic acids is 1. The van der Waals surface area contributed by atoms with Gasteiger partial charge in [-0.05, 0) is 30.7 Å². The van der Waals surface area contributed by atoms with Crippen molar-refractivity contribution in [1.82, 2.24) is 0 Å². The molecule has 0 fully saturated rings. The van der Waals surface area contributed by atoms with E-state index in [0.717, 1.165) is 10.9 Å². The molecule has 6 nitrogen and oxygen atoms in total. The van der Waals surface area contributed by atoms with Gasteiger partial charge < -0.3 is 9.15 Å². The second kappa shape index (κ2) is 5.92. The quantitative estimate of drug-likeness (QED) is 0.413. The number of esters is 1. The second-order valence-electron chi connectivity index (χ2n) is 5.05. The SMILES string of the molecule is Cc1c(C(=O)OCc2ccc([N+](=O)[O-])cc2)oc2ccccc12. The number of hydrogen-bond acceptors (Lipinski definition) is 5. The molecule has 0 radical (unpaired) electrons. The van der Waals surface area contributed by atoms with Gasteiger partial charge in [0.2, 0.25) is 5.76 Å². The number of carbonyl (C=O) groups is 1. The predicted molar refractivity (Wildman–Crippen MR) is 83.2 cm³/mol. The first-order chi connectivity index (χ1) is 11.1. The van der Waals surface area contributed by atoms with Crippen LogP contribution in [0, 0.1) is 17.0 Å². The lowest BCUT2D eigenvalue weighted by molar-refractivity contribution is -0.384. The zero-order chi connectivity index (χ0) is 16.4. The Morgan fingerprint density at radius 2 is 1.87 bits per heavy atom. The average molecular weight is 311 g/mol. The summed E-state index contributed by atoms with van der Waals surface area (Å²) in [7, 11) is 0. The first-order valence-electron chi connectivity index (χ1n) is 6.95. The van der Waals surface area contributed by atoms with Crippen LogP contribution in [0.15, 0.2) is 52.9 Å². The molecule has 0 aliphatic heterocycles. The van der Waals surface area contributed by atoms with Crippen LogP contribution in [0.25, 0.3) is 11.0 Å². The fourth-order valence-corrected chi connectivity index (χ4v) is 2.30. The molecule has 3 rings (SSSR count). The number of benzene rings is 2. The highest BCUT2D eigenvalue weighted by molar-refractivity contribution is 5.95. The van der Waals surface area contributed by atoms with Gasteiger partial charge in [0.15, 0.2) is 0 Å². The summed E-state index contributed by atoms with van der Waals surface area (Å²) in [5.74, 6) is -0.384. The Bertz CT molecular complexity index is 880. The summed E-state index contributed by atoms with van der Waals surface area (Å²) >= 11 is 0. The molecule has 0 unspecified atom stereocenters. The molecule has 0 N–H and O–H groups in total. The minimum absolute atomic E-state index is 0.00629. The molecule has 0 atom stereocenters. The second-order valence-corrected chi connectivity index (χ2v) is 5.05. The van der Waals surface area contributed by atoms with Crippen LogP contribution in [0.5, 0.6) is 0 Å². The van der Waals surface area contributed by atoms with Gasteiger partial charge in [-0.3, -0.25) is 10.1 Å². The van der Waals surface area contributed by atoms with Crippen molar-refractivity contribution in [3.8, 4) is 0 Å². The van der Waals surface area contributed by atoms with E-state index >= 15 is 0 Å². The number of non-ortho nitro benzene ring substituents is 1. The van der Waals surface area contributed by atoms with Crippen LogP contribution in [-0.2, 0) is 11.3 Å². The van der Waals surface area contributed by atoms with E-state index < -0.39 is 10.9 Å². The van der Waals surface area contributed by atoms with Crippen LogP contribution in [0.4, 0.5) is 5.69 Å². The monoisotopic (exact) mass is 311 g/mol. The molecule has 0 aliphatic rings. The summed E-state index contributed by atoms with van der Waals surface area (Å²) in [6, 6.07) is 13.2. The molecule has 3 aromatic rings. The normalized spacial score (nSPS) is 10.7. The third-order valence-corrected chi connectivity index (χ3v) is 3.55. The van der Waals surface area contributed by atoms with E-state index in [1.807, 2.05) is 18.2 Å². The number of para-hydroxylation sites is 1. The number of nitro groups is 1. The van der Waals surface area contributed by atoms with Crippen molar-refractivity contribution in [1.29, 1.82) is 0 Å². The Morgan fingerprint density at radius 3 is 2.52 bits per heavy atom. The molecule has 23 heavy (non-hydrogen) atoms. The summed E-state index contributed by atoms with van der Waals surface area (Å²) in [5, 5.41) is 11.5. The highest BCUT2D eigenvalue weighted by atomic mass is 16.6. The molecule has 0 saturated heterocycles. The highest BCUT2D eigenvalue weighted by Gasteiger charge is 2.18. The average Bonchev–Trinajstić information content (AvgIpc) is 2.90. The summed E-state index contributed by atoms with van der Waals surface area (Å²) < 4.78 is 10.8. The van der Waals surface area contributed by atoms with Gasteiger partial charge in [0.05, 0.1) is 4.92 Å². The molecule has 0 saturated carbocycles. The molecule has 2 aromatic carbocycles. The summed E-state index contributed by atoms with van der Waals surface area (Å²) in [6.45, 7) is 1.82. The van der Waals surface area contributed by atoms with Gasteiger partial charge in [0, 0.05) is 23.1 Å². The van der Waals surface area contributed by atoms with E-state index in [0.29, 0.717) is 11.1 Å². The van der Waals surface area contributed by atoms with E-state index in [-0.39, 0.29) is 18.1 Å². The molecule has 116 valence electrons. The number of hydrogen-bond donors (Lipinski definition) is 0. The van der Waals surface area contributed by atoms with E-state index in [4.69, 9.17) is 9.15 Å². The lowest BCUT2D eigenvalue weighted by Crippen LogP contribution is -2.05. The molecule has 1 heterocycles. The smallest absolute Gasteiger partial charge is 0.374 e. The Balaban J connectivity index is 1.73. The van der Waals surface area contributed by atoms with Gasteiger partial charge in [-0.15, -0.1) is 0 Å². The molecule has 0 aliphatic carbocycles. The van der Waals surface area contributed by atoms with Crippen LogP contribution >= 0.6 is 0 Å². The van der Waals surface area contributed by atoms with Gasteiger partial charge >= 0.3 is 5.97 Å². The Morgan fingerprint density at radius 1 is 1.17 bits per heavy atom. The number of ether oxygens (including phenoxy) is 1. The molecular weight excluding hydrogens is 298 g/mol. The minimum Gasteiger partial charge on any atom is -0.455 e. The number of fused-ring (bicyclic) bond motifs is 1. The van der Waals surface area contributed by atoms with Crippen molar-refractivity contribution in [3.05, 3.63) is 75.5 Å². The highest BCUT2D eigenvalue weighted by Crippen LogP contribution is 2.25. The molecular formula is C17H13NO5. The third-order valence-electron chi connectivity index (χ3n) is 3.55. The fourth-order valence-electron chi connectivity index (χ4n) is 2.30. The maximum Gasteiger partial charge on any atom is 0.374 e. The predicted octanol–water partition coefficient (Wildman–Crippen LogP) is 4.01. The minimum atomic E-state index is -0.558. The number of aryl methyl sites for hydroxylation is 1. The van der Waals surface area contributed by atoms with Crippen LogP contribution < -0.4 is 0 Å². The van der Waals surface area contributed by atoms with Crippen molar-refractivity contribution < 1.29 is 18.9 Å². The van der Waals surface area contributed by atoms with Gasteiger partial charge in [-0.2, -0.15) is 0 Å². The molecule has 0 amide bonds.